The van der Waals surface area contributed by atoms with E-state index in [9.17, 15) is 14.9 Å². The minimum absolute atomic E-state index is 0.121. The molecular weight excluding hydrogens is 380 g/mol. The molecule has 0 bridgehead atoms. The third-order valence-electron chi connectivity index (χ3n) is 3.66. The van der Waals surface area contributed by atoms with E-state index in [2.05, 4.69) is 5.32 Å². The Morgan fingerprint density at radius 3 is 2.68 bits per heavy atom. The largest absolute Gasteiger partial charge is 0.481 e. The first kappa shape index (κ1) is 21.0. The van der Waals surface area contributed by atoms with Gasteiger partial charge in [0.2, 0.25) is 0 Å². The van der Waals surface area contributed by atoms with Crippen molar-refractivity contribution in [2.75, 3.05) is 18.5 Å². The van der Waals surface area contributed by atoms with Crippen LogP contribution in [0.4, 0.5) is 5.69 Å². The quantitative estimate of drug-likeness (QED) is 0.430. The van der Waals surface area contributed by atoms with E-state index >= 15 is 0 Å². The van der Waals surface area contributed by atoms with Crippen molar-refractivity contribution in [2.24, 2.45) is 0 Å². The fourth-order valence-corrected chi connectivity index (χ4v) is 2.42. The lowest BCUT2D eigenvalue weighted by molar-refractivity contribution is -0.145. The van der Waals surface area contributed by atoms with Crippen molar-refractivity contribution in [3.63, 3.8) is 0 Å². The molecule has 144 valence electrons. The molecule has 0 saturated carbocycles. The topological polar surface area (TPSA) is 88.4 Å². The number of nitrogens with zero attached hydrogens (tertiary/aromatic N) is 1. The Bertz CT molecular complexity index is 948. The number of anilines is 1. The number of hydrogen-bond acceptors (Lipinski definition) is 5. The van der Waals surface area contributed by atoms with E-state index in [0.717, 1.165) is 5.56 Å². The molecule has 0 aliphatic heterocycles. The van der Waals surface area contributed by atoms with Gasteiger partial charge in [-0.1, -0.05) is 35.9 Å². The standard InChI is InChI=1S/C21H19ClN2O4/c1-3-27-20(25)13-28-19-7-5-4-6-15(19)10-16(12-23)21(26)24-17-9-8-14(2)18(22)11-17/h4-11H,3,13H2,1-2H3,(H,24,26)/b16-10-. The van der Waals surface area contributed by atoms with Crippen LogP contribution in [0, 0.1) is 18.3 Å². The lowest BCUT2D eigenvalue weighted by Crippen LogP contribution is -2.15. The summed E-state index contributed by atoms with van der Waals surface area (Å²) < 4.78 is 10.3. The second kappa shape index (κ2) is 10.1. The highest BCUT2D eigenvalue weighted by Crippen LogP contribution is 2.23. The van der Waals surface area contributed by atoms with Crippen LogP contribution in [-0.2, 0) is 14.3 Å². The number of esters is 1. The van der Waals surface area contributed by atoms with E-state index in [0.29, 0.717) is 22.0 Å². The summed E-state index contributed by atoms with van der Waals surface area (Å²) >= 11 is 6.06. The Balaban J connectivity index is 2.19. The number of amides is 1. The predicted molar refractivity (Wildman–Crippen MR) is 107 cm³/mol. The number of benzene rings is 2. The van der Waals surface area contributed by atoms with Gasteiger partial charge in [0.1, 0.15) is 17.4 Å². The van der Waals surface area contributed by atoms with Gasteiger partial charge >= 0.3 is 5.97 Å². The van der Waals surface area contributed by atoms with Gasteiger partial charge in [0.15, 0.2) is 6.61 Å². The van der Waals surface area contributed by atoms with Crippen molar-refractivity contribution in [1.29, 1.82) is 5.26 Å². The minimum Gasteiger partial charge on any atom is -0.481 e. The normalized spacial score (nSPS) is 10.7. The molecule has 0 radical (unpaired) electrons. The van der Waals surface area contributed by atoms with Gasteiger partial charge < -0.3 is 14.8 Å². The number of para-hydroxylation sites is 1. The molecule has 2 aromatic carbocycles. The fraction of sp³-hybridized carbons (Fsp3) is 0.190. The van der Waals surface area contributed by atoms with Gasteiger partial charge in [-0.2, -0.15) is 5.26 Å². The number of halogens is 1. The molecule has 0 fully saturated rings. The van der Waals surface area contributed by atoms with E-state index in [1.807, 2.05) is 13.0 Å². The van der Waals surface area contributed by atoms with Crippen molar-refractivity contribution < 1.29 is 19.1 Å². The second-order valence-corrected chi connectivity index (χ2v) is 6.13. The molecule has 0 saturated heterocycles. The lowest BCUT2D eigenvalue weighted by Gasteiger charge is -2.09. The molecule has 0 aromatic heterocycles. The third kappa shape index (κ3) is 5.86. The monoisotopic (exact) mass is 398 g/mol. The van der Waals surface area contributed by atoms with E-state index in [1.54, 1.807) is 49.4 Å². The molecule has 7 heteroatoms. The summed E-state index contributed by atoms with van der Waals surface area (Å²) in [6, 6.07) is 13.7. The van der Waals surface area contributed by atoms with Crippen molar-refractivity contribution in [2.45, 2.75) is 13.8 Å². The number of ether oxygens (including phenoxy) is 2. The Morgan fingerprint density at radius 2 is 2.00 bits per heavy atom. The molecule has 0 aliphatic carbocycles. The van der Waals surface area contributed by atoms with Gasteiger partial charge in [0, 0.05) is 16.3 Å². The zero-order chi connectivity index (χ0) is 20.5. The highest BCUT2D eigenvalue weighted by atomic mass is 35.5. The van der Waals surface area contributed by atoms with Crippen LogP contribution in [0.2, 0.25) is 5.02 Å². The molecular formula is C21H19ClN2O4. The number of carbonyl (C=O) groups is 2. The summed E-state index contributed by atoms with van der Waals surface area (Å²) in [5.41, 5.74) is 1.72. The molecule has 0 heterocycles. The Kier molecular flexibility index (Phi) is 7.61. The van der Waals surface area contributed by atoms with Crippen LogP contribution in [0.1, 0.15) is 18.1 Å². The molecule has 2 aromatic rings. The molecule has 2 rings (SSSR count). The van der Waals surface area contributed by atoms with Gasteiger partial charge in [0.25, 0.3) is 5.91 Å². The number of nitrogens with one attached hydrogen (secondary N) is 1. The van der Waals surface area contributed by atoms with Crippen LogP contribution < -0.4 is 10.1 Å². The molecule has 1 N–H and O–H groups in total. The highest BCUT2D eigenvalue weighted by Gasteiger charge is 2.12. The Labute approximate surface area is 168 Å². The number of hydrogen-bond donors (Lipinski definition) is 1. The van der Waals surface area contributed by atoms with Crippen LogP contribution in [0.25, 0.3) is 6.08 Å². The number of carbonyl (C=O) groups excluding carboxylic acids is 2. The first-order valence-corrected chi connectivity index (χ1v) is 8.89. The first-order chi connectivity index (χ1) is 13.4. The molecule has 0 spiro atoms. The van der Waals surface area contributed by atoms with Gasteiger partial charge in [-0.15, -0.1) is 0 Å². The van der Waals surface area contributed by atoms with Crippen molar-refractivity contribution in [1.82, 2.24) is 0 Å². The minimum atomic E-state index is -0.581. The summed E-state index contributed by atoms with van der Waals surface area (Å²) in [4.78, 5) is 23.9. The van der Waals surface area contributed by atoms with Crippen molar-refractivity contribution >= 4 is 35.2 Å². The Morgan fingerprint density at radius 1 is 1.25 bits per heavy atom. The van der Waals surface area contributed by atoms with Crippen molar-refractivity contribution in [3.8, 4) is 11.8 Å². The zero-order valence-corrected chi connectivity index (χ0v) is 16.2. The summed E-state index contributed by atoms with van der Waals surface area (Å²) in [7, 11) is 0. The Hall–Kier alpha value is -3.30. The van der Waals surface area contributed by atoms with Gasteiger partial charge in [-0.25, -0.2) is 4.79 Å². The zero-order valence-electron chi connectivity index (χ0n) is 15.5. The molecule has 0 atom stereocenters. The fourth-order valence-electron chi connectivity index (χ4n) is 2.24. The van der Waals surface area contributed by atoms with Crippen LogP contribution >= 0.6 is 11.6 Å². The third-order valence-corrected chi connectivity index (χ3v) is 4.07. The van der Waals surface area contributed by atoms with E-state index in [-0.39, 0.29) is 18.8 Å². The average molecular weight is 399 g/mol. The number of aryl methyl sites for hydroxylation is 1. The van der Waals surface area contributed by atoms with Gasteiger partial charge in [-0.3, -0.25) is 4.79 Å². The van der Waals surface area contributed by atoms with E-state index in [1.165, 1.54) is 6.08 Å². The summed E-state index contributed by atoms with van der Waals surface area (Å²) in [6.45, 7) is 3.54. The maximum absolute atomic E-state index is 12.4. The van der Waals surface area contributed by atoms with Crippen LogP contribution in [0.5, 0.6) is 5.75 Å². The van der Waals surface area contributed by atoms with E-state index < -0.39 is 11.9 Å². The summed E-state index contributed by atoms with van der Waals surface area (Å²) in [5, 5.41) is 12.5. The second-order valence-electron chi connectivity index (χ2n) is 5.72. The maximum Gasteiger partial charge on any atom is 0.344 e. The SMILES string of the molecule is CCOC(=O)COc1ccccc1/C=C(/C#N)C(=O)Nc1ccc(C)c(Cl)c1. The number of nitriles is 1. The van der Waals surface area contributed by atoms with Gasteiger partial charge in [0.05, 0.1) is 6.61 Å². The summed E-state index contributed by atoms with van der Waals surface area (Å²) in [6.07, 6.45) is 1.39. The smallest absolute Gasteiger partial charge is 0.344 e. The average Bonchev–Trinajstić information content (AvgIpc) is 2.68. The van der Waals surface area contributed by atoms with E-state index in [4.69, 9.17) is 21.1 Å². The molecule has 28 heavy (non-hydrogen) atoms. The molecule has 0 aliphatic rings. The van der Waals surface area contributed by atoms with Gasteiger partial charge in [-0.05, 0) is 43.7 Å². The van der Waals surface area contributed by atoms with Crippen molar-refractivity contribution in [3.05, 3.63) is 64.2 Å². The van der Waals surface area contributed by atoms with Crippen LogP contribution in [-0.4, -0.2) is 25.1 Å². The molecule has 1 amide bonds. The molecule has 0 unspecified atom stereocenters. The van der Waals surface area contributed by atoms with Crippen LogP contribution in [0.15, 0.2) is 48.0 Å². The maximum atomic E-state index is 12.4. The number of rotatable bonds is 7. The lowest BCUT2D eigenvalue weighted by atomic mass is 10.1. The first-order valence-electron chi connectivity index (χ1n) is 8.51. The highest BCUT2D eigenvalue weighted by molar-refractivity contribution is 6.31. The molecule has 6 nitrogen and oxygen atoms in total. The summed E-state index contributed by atoms with van der Waals surface area (Å²) in [5.74, 6) is -0.729. The van der Waals surface area contributed by atoms with Crippen LogP contribution in [0.3, 0.4) is 0 Å². The predicted octanol–water partition coefficient (Wildman–Crippen LogP) is 4.14.